The average molecular weight is 375 g/mol. The third-order valence-corrected chi connectivity index (χ3v) is 6.37. The Balaban J connectivity index is 1.42. The number of rotatable bonds is 2. The van der Waals surface area contributed by atoms with Crippen molar-refractivity contribution in [1.82, 2.24) is 24.5 Å². The van der Waals surface area contributed by atoms with Gasteiger partial charge in [0, 0.05) is 29.7 Å². The van der Waals surface area contributed by atoms with Crippen LogP contribution in [0.15, 0.2) is 41.6 Å². The fraction of sp³-hybridized carbons (Fsp3) is 0.350. The summed E-state index contributed by atoms with van der Waals surface area (Å²) in [6.07, 6.45) is 9.47. The Labute approximate surface area is 160 Å². The number of nitrogens with one attached hydrogen (secondary N) is 2. The van der Waals surface area contributed by atoms with Crippen LogP contribution >= 0.6 is 0 Å². The van der Waals surface area contributed by atoms with Gasteiger partial charge in [-0.2, -0.15) is 0 Å². The van der Waals surface area contributed by atoms with Gasteiger partial charge in [0.15, 0.2) is 0 Å². The molecule has 4 aromatic heterocycles. The van der Waals surface area contributed by atoms with E-state index in [4.69, 9.17) is 5.73 Å². The number of H-pyrrole nitrogens is 2. The van der Waals surface area contributed by atoms with Gasteiger partial charge in [0.1, 0.15) is 11.5 Å². The van der Waals surface area contributed by atoms with Gasteiger partial charge in [-0.15, -0.1) is 0 Å². The summed E-state index contributed by atoms with van der Waals surface area (Å²) in [5.41, 5.74) is 9.00. The number of fused-ring (bicyclic) bond motifs is 5. The van der Waals surface area contributed by atoms with Crippen LogP contribution in [0.2, 0.25) is 0 Å². The van der Waals surface area contributed by atoms with Crippen molar-refractivity contribution in [2.24, 2.45) is 0 Å². The van der Waals surface area contributed by atoms with Crippen LogP contribution in [0.4, 0.5) is 11.5 Å². The highest BCUT2D eigenvalue weighted by atomic mass is 16.1. The largest absolute Gasteiger partial charge is 0.397 e. The number of nitrogen functional groups attached to an aromatic ring is 1. The first-order chi connectivity index (χ1) is 13.7. The molecule has 8 heteroatoms. The third kappa shape index (κ3) is 2.14. The summed E-state index contributed by atoms with van der Waals surface area (Å²) in [6, 6.07) is 6.86. The minimum Gasteiger partial charge on any atom is -0.397 e. The lowest BCUT2D eigenvalue weighted by Gasteiger charge is -2.40. The van der Waals surface area contributed by atoms with Crippen molar-refractivity contribution in [3.63, 3.8) is 0 Å². The van der Waals surface area contributed by atoms with Crippen molar-refractivity contribution in [3.8, 4) is 0 Å². The molecular weight excluding hydrogens is 354 g/mol. The molecule has 0 spiro atoms. The highest BCUT2D eigenvalue weighted by molar-refractivity contribution is 6.00. The first-order valence-electron chi connectivity index (χ1n) is 9.75. The zero-order chi connectivity index (χ0) is 18.8. The zero-order valence-corrected chi connectivity index (χ0v) is 15.3. The molecule has 2 aliphatic heterocycles. The van der Waals surface area contributed by atoms with Gasteiger partial charge < -0.3 is 20.6 Å². The van der Waals surface area contributed by atoms with E-state index in [0.29, 0.717) is 17.8 Å². The van der Waals surface area contributed by atoms with E-state index in [1.807, 2.05) is 29.0 Å². The maximum Gasteiger partial charge on any atom is 0.326 e. The maximum atomic E-state index is 12.9. The van der Waals surface area contributed by atoms with Crippen molar-refractivity contribution in [2.75, 3.05) is 10.6 Å². The summed E-state index contributed by atoms with van der Waals surface area (Å²) in [4.78, 5) is 30.4. The smallest absolute Gasteiger partial charge is 0.326 e. The second-order valence-electron chi connectivity index (χ2n) is 7.93. The van der Waals surface area contributed by atoms with Crippen molar-refractivity contribution in [2.45, 2.75) is 43.8 Å². The van der Waals surface area contributed by atoms with Crippen molar-refractivity contribution < 1.29 is 0 Å². The molecule has 4 N–H and O–H groups in total. The number of aromatic amines is 2. The summed E-state index contributed by atoms with van der Waals surface area (Å²) in [5.74, 6) is 0.989. The van der Waals surface area contributed by atoms with Crippen LogP contribution in [0.5, 0.6) is 0 Å². The number of anilines is 2. The van der Waals surface area contributed by atoms with Crippen molar-refractivity contribution in [3.05, 3.63) is 47.3 Å². The van der Waals surface area contributed by atoms with Crippen molar-refractivity contribution in [1.29, 1.82) is 0 Å². The zero-order valence-electron chi connectivity index (χ0n) is 15.3. The first-order valence-corrected chi connectivity index (χ1v) is 9.75. The van der Waals surface area contributed by atoms with Gasteiger partial charge in [0.05, 0.1) is 29.1 Å². The third-order valence-electron chi connectivity index (χ3n) is 6.37. The molecule has 2 saturated heterocycles. The number of piperidine rings is 1. The van der Waals surface area contributed by atoms with Gasteiger partial charge in [-0.3, -0.25) is 4.57 Å². The molecule has 6 rings (SSSR count). The molecule has 0 amide bonds. The predicted molar refractivity (Wildman–Crippen MR) is 108 cm³/mol. The van der Waals surface area contributed by atoms with Gasteiger partial charge >= 0.3 is 5.69 Å². The molecule has 6 heterocycles. The first kappa shape index (κ1) is 15.7. The lowest BCUT2D eigenvalue weighted by molar-refractivity contribution is 0.335. The van der Waals surface area contributed by atoms with E-state index in [0.717, 1.165) is 53.6 Å². The Morgan fingerprint density at radius 2 is 1.86 bits per heavy atom. The highest BCUT2D eigenvalue weighted by Crippen LogP contribution is 2.43. The summed E-state index contributed by atoms with van der Waals surface area (Å²) in [5, 5.41) is 0.992. The predicted octanol–water partition coefficient (Wildman–Crippen LogP) is 2.56. The highest BCUT2D eigenvalue weighted by Gasteiger charge is 2.42. The molecule has 0 radical (unpaired) electrons. The standard InChI is InChI=1S/C20H21N7O/c21-11-1-4-17(23-9-11)26-12-2-3-13(26)8-14(7-12)27-18-15-5-6-22-19(15)24-10-16(18)25-20(27)28/h1,4-6,9-10,12-14H,2-3,7-8,21H2,(H,22,24)(H,25,28)/t12-,13+,14?. The second-order valence-corrected chi connectivity index (χ2v) is 7.93. The summed E-state index contributed by atoms with van der Waals surface area (Å²) in [6.45, 7) is 0. The Hall–Kier alpha value is -3.29. The van der Waals surface area contributed by atoms with E-state index >= 15 is 0 Å². The van der Waals surface area contributed by atoms with E-state index in [-0.39, 0.29) is 11.7 Å². The lowest BCUT2D eigenvalue weighted by atomic mass is 9.96. The minimum absolute atomic E-state index is 0.0473. The second kappa shape index (κ2) is 5.60. The molecule has 1 unspecified atom stereocenters. The maximum absolute atomic E-state index is 12.9. The summed E-state index contributed by atoms with van der Waals surface area (Å²) < 4.78 is 1.96. The fourth-order valence-corrected chi connectivity index (χ4v) is 5.25. The number of aromatic nitrogens is 5. The number of nitrogens with two attached hydrogens (primary N) is 1. The molecule has 8 nitrogen and oxygen atoms in total. The van der Waals surface area contributed by atoms with Gasteiger partial charge in [0.25, 0.3) is 0 Å². The van der Waals surface area contributed by atoms with E-state index in [1.54, 1.807) is 12.4 Å². The van der Waals surface area contributed by atoms with Gasteiger partial charge in [0.2, 0.25) is 0 Å². The van der Waals surface area contributed by atoms with Gasteiger partial charge in [-0.05, 0) is 43.9 Å². The molecule has 2 bridgehead atoms. The molecule has 142 valence electrons. The number of nitrogens with zero attached hydrogens (tertiary/aromatic N) is 4. The Morgan fingerprint density at radius 1 is 1.04 bits per heavy atom. The van der Waals surface area contributed by atoms with Crippen LogP contribution in [0.25, 0.3) is 22.1 Å². The van der Waals surface area contributed by atoms with Crippen LogP contribution in [-0.2, 0) is 0 Å². The number of hydrogen-bond donors (Lipinski definition) is 3. The normalized spacial score (nSPS) is 24.4. The molecular formula is C20H21N7O. The van der Waals surface area contributed by atoms with Crippen LogP contribution < -0.4 is 16.3 Å². The Bertz CT molecular complexity index is 1220. The van der Waals surface area contributed by atoms with Crippen molar-refractivity contribution >= 4 is 33.6 Å². The van der Waals surface area contributed by atoms with Gasteiger partial charge in [-0.25, -0.2) is 14.8 Å². The molecule has 3 atom stereocenters. The number of pyridine rings is 2. The number of hydrogen-bond acceptors (Lipinski definition) is 5. The SMILES string of the molecule is Nc1ccc(N2[C@@H]3CC[C@H]2CC(n2c(=O)[nH]c4cnc5[nH]ccc5c42)C3)nc1. The van der Waals surface area contributed by atoms with E-state index < -0.39 is 0 Å². The molecule has 28 heavy (non-hydrogen) atoms. The molecule has 2 fully saturated rings. The topological polar surface area (TPSA) is 109 Å². The Morgan fingerprint density at radius 3 is 2.61 bits per heavy atom. The molecule has 0 aromatic carbocycles. The van der Waals surface area contributed by atoms with Crippen LogP contribution in [0.3, 0.4) is 0 Å². The van der Waals surface area contributed by atoms with Gasteiger partial charge in [-0.1, -0.05) is 0 Å². The number of imidazole rings is 1. The molecule has 0 saturated carbocycles. The Kier molecular flexibility index (Phi) is 3.15. The van der Waals surface area contributed by atoms with E-state index in [9.17, 15) is 4.79 Å². The monoisotopic (exact) mass is 375 g/mol. The summed E-state index contributed by atoms with van der Waals surface area (Å²) in [7, 11) is 0. The molecule has 0 aliphatic carbocycles. The summed E-state index contributed by atoms with van der Waals surface area (Å²) >= 11 is 0. The van der Waals surface area contributed by atoms with Crippen LogP contribution in [0.1, 0.15) is 31.7 Å². The average Bonchev–Trinajstić information content (AvgIpc) is 3.36. The lowest BCUT2D eigenvalue weighted by Crippen LogP contribution is -2.45. The van der Waals surface area contributed by atoms with Crippen LogP contribution in [-0.4, -0.2) is 36.6 Å². The quantitative estimate of drug-likeness (QED) is 0.499. The minimum atomic E-state index is -0.0473. The van der Waals surface area contributed by atoms with Crippen LogP contribution in [0, 0.1) is 0 Å². The fourth-order valence-electron chi connectivity index (χ4n) is 5.25. The van der Waals surface area contributed by atoms with E-state index in [1.165, 1.54) is 0 Å². The molecule has 2 aliphatic rings. The van der Waals surface area contributed by atoms with E-state index in [2.05, 4.69) is 24.8 Å². The molecule has 4 aromatic rings.